The Morgan fingerprint density at radius 1 is 1.19 bits per heavy atom. The van der Waals surface area contributed by atoms with Gasteiger partial charge in [-0.25, -0.2) is 0 Å². The molecule has 0 aromatic heterocycles. The van der Waals surface area contributed by atoms with Gasteiger partial charge in [0, 0.05) is 5.33 Å². The summed E-state index contributed by atoms with van der Waals surface area (Å²) >= 11 is 3.39. The average Bonchev–Trinajstić information content (AvgIpc) is 2.28. The molecule has 0 atom stereocenters. The molecule has 0 bridgehead atoms. The summed E-state index contributed by atoms with van der Waals surface area (Å²) in [5.41, 5.74) is 2.82. The van der Waals surface area contributed by atoms with E-state index in [-0.39, 0.29) is 0 Å². The number of ether oxygens (including phenoxy) is 1. The van der Waals surface area contributed by atoms with Gasteiger partial charge in [0.25, 0.3) is 0 Å². The van der Waals surface area contributed by atoms with Crippen LogP contribution >= 0.6 is 15.9 Å². The van der Waals surface area contributed by atoms with E-state index in [0.717, 1.165) is 47.2 Å². The monoisotopic (exact) mass is 286 g/mol. The number of alkyl halides is 1. The molecule has 1 rings (SSSR count). The number of hydrogen-bond acceptors (Lipinski definition) is 2. The Morgan fingerprint density at radius 3 is 2.50 bits per heavy atom. The van der Waals surface area contributed by atoms with Crippen molar-refractivity contribution in [3.63, 3.8) is 0 Å². The van der Waals surface area contributed by atoms with Crippen molar-refractivity contribution < 1.29 is 9.84 Å². The number of phenolic OH excluding ortho intramolecular Hbond substituents is 1. The molecule has 0 radical (unpaired) electrons. The highest BCUT2D eigenvalue weighted by Gasteiger charge is 2.09. The van der Waals surface area contributed by atoms with E-state index in [1.165, 1.54) is 0 Å². The van der Waals surface area contributed by atoms with E-state index < -0.39 is 0 Å². The van der Waals surface area contributed by atoms with E-state index >= 15 is 0 Å². The molecule has 3 heteroatoms. The molecule has 0 fully saturated rings. The SMILES string of the molecule is Cc1cc(OCCCCBr)c(C)c(C)c1O. The molecule has 1 aromatic carbocycles. The number of aromatic hydroxyl groups is 1. The van der Waals surface area contributed by atoms with Crippen LogP contribution in [0.4, 0.5) is 0 Å². The van der Waals surface area contributed by atoms with Crippen LogP contribution in [0.1, 0.15) is 29.5 Å². The summed E-state index contributed by atoms with van der Waals surface area (Å²) in [5.74, 6) is 1.27. The minimum Gasteiger partial charge on any atom is -0.507 e. The number of halogens is 1. The predicted octanol–water partition coefficient (Wildman–Crippen LogP) is 3.87. The highest BCUT2D eigenvalue weighted by molar-refractivity contribution is 9.09. The quantitative estimate of drug-likeness (QED) is 0.658. The molecule has 1 aromatic rings. The third kappa shape index (κ3) is 3.14. The summed E-state index contributed by atoms with van der Waals surface area (Å²) in [4.78, 5) is 0. The van der Waals surface area contributed by atoms with Gasteiger partial charge in [-0.05, 0) is 56.4 Å². The summed E-state index contributed by atoms with van der Waals surface area (Å²) in [5, 5.41) is 10.8. The molecule has 90 valence electrons. The summed E-state index contributed by atoms with van der Waals surface area (Å²) in [6, 6.07) is 1.91. The van der Waals surface area contributed by atoms with E-state index in [0.29, 0.717) is 5.75 Å². The second-order valence-electron chi connectivity index (χ2n) is 4.03. The topological polar surface area (TPSA) is 29.5 Å². The number of hydrogen-bond donors (Lipinski definition) is 1. The second-order valence-corrected chi connectivity index (χ2v) is 4.83. The first-order valence-corrected chi connectivity index (χ1v) is 6.68. The molecule has 0 amide bonds. The third-order valence-electron chi connectivity index (χ3n) is 2.79. The zero-order valence-corrected chi connectivity index (χ0v) is 11.7. The molecule has 0 unspecified atom stereocenters. The van der Waals surface area contributed by atoms with Crippen molar-refractivity contribution in [2.45, 2.75) is 33.6 Å². The van der Waals surface area contributed by atoms with Gasteiger partial charge >= 0.3 is 0 Å². The molecule has 0 heterocycles. The molecule has 16 heavy (non-hydrogen) atoms. The van der Waals surface area contributed by atoms with Crippen LogP contribution in [0.5, 0.6) is 11.5 Å². The maximum Gasteiger partial charge on any atom is 0.122 e. The second kappa shape index (κ2) is 6.14. The first-order valence-electron chi connectivity index (χ1n) is 5.56. The van der Waals surface area contributed by atoms with E-state index in [1.807, 2.05) is 26.8 Å². The van der Waals surface area contributed by atoms with Crippen molar-refractivity contribution in [2.75, 3.05) is 11.9 Å². The number of phenols is 1. The number of aryl methyl sites for hydroxylation is 1. The van der Waals surface area contributed by atoms with Gasteiger partial charge in [0.05, 0.1) is 6.61 Å². The van der Waals surface area contributed by atoms with Crippen LogP contribution in [0.2, 0.25) is 0 Å². The molecule has 0 saturated carbocycles. The molecule has 1 N–H and O–H groups in total. The van der Waals surface area contributed by atoms with Crippen molar-refractivity contribution in [3.05, 3.63) is 22.8 Å². The van der Waals surface area contributed by atoms with Crippen LogP contribution in [0.15, 0.2) is 6.07 Å². The van der Waals surface area contributed by atoms with Crippen LogP contribution in [0.25, 0.3) is 0 Å². The normalized spacial score (nSPS) is 10.5. The minimum atomic E-state index is 0.380. The fourth-order valence-electron chi connectivity index (χ4n) is 1.56. The zero-order chi connectivity index (χ0) is 12.1. The maximum absolute atomic E-state index is 9.76. The number of rotatable bonds is 5. The molecular formula is C13H19BrO2. The Hall–Kier alpha value is -0.700. The van der Waals surface area contributed by atoms with Crippen LogP contribution in [0.3, 0.4) is 0 Å². The van der Waals surface area contributed by atoms with Gasteiger partial charge in [-0.3, -0.25) is 0 Å². The lowest BCUT2D eigenvalue weighted by Gasteiger charge is -2.14. The van der Waals surface area contributed by atoms with Gasteiger partial charge in [-0.15, -0.1) is 0 Å². The van der Waals surface area contributed by atoms with Crippen molar-refractivity contribution in [1.29, 1.82) is 0 Å². The molecule has 0 aliphatic rings. The van der Waals surface area contributed by atoms with Crippen LogP contribution in [-0.4, -0.2) is 17.0 Å². The fraction of sp³-hybridized carbons (Fsp3) is 0.538. The highest BCUT2D eigenvalue weighted by Crippen LogP contribution is 2.31. The van der Waals surface area contributed by atoms with E-state index in [4.69, 9.17) is 4.74 Å². The predicted molar refractivity (Wildman–Crippen MR) is 70.8 cm³/mol. The van der Waals surface area contributed by atoms with Crippen molar-refractivity contribution >= 4 is 15.9 Å². The molecule has 0 aliphatic carbocycles. The number of benzene rings is 1. The minimum absolute atomic E-state index is 0.380. The summed E-state index contributed by atoms with van der Waals surface area (Å²) in [7, 11) is 0. The molecule has 0 saturated heterocycles. The van der Waals surface area contributed by atoms with Gasteiger partial charge in [0.15, 0.2) is 0 Å². The van der Waals surface area contributed by atoms with Crippen molar-refractivity contribution in [3.8, 4) is 11.5 Å². The first-order chi connectivity index (χ1) is 7.57. The maximum atomic E-state index is 9.76. The van der Waals surface area contributed by atoms with Gasteiger partial charge in [-0.2, -0.15) is 0 Å². The summed E-state index contributed by atoms with van der Waals surface area (Å²) < 4.78 is 5.72. The molecule has 0 spiro atoms. The van der Waals surface area contributed by atoms with Gasteiger partial charge in [-0.1, -0.05) is 15.9 Å². The lowest BCUT2D eigenvalue weighted by molar-refractivity contribution is 0.306. The molecule has 0 aliphatic heterocycles. The lowest BCUT2D eigenvalue weighted by atomic mass is 10.0. The molecule has 2 nitrogen and oxygen atoms in total. The Kier molecular flexibility index (Phi) is 5.13. The van der Waals surface area contributed by atoms with E-state index in [1.54, 1.807) is 0 Å². The highest BCUT2D eigenvalue weighted by atomic mass is 79.9. The average molecular weight is 287 g/mol. The van der Waals surface area contributed by atoms with Gasteiger partial charge < -0.3 is 9.84 Å². The standard InChI is InChI=1S/C13H19BrO2/c1-9-8-12(16-7-5-4-6-14)10(2)11(3)13(9)15/h8,15H,4-7H2,1-3H3. The largest absolute Gasteiger partial charge is 0.507 e. The summed E-state index contributed by atoms with van der Waals surface area (Å²) in [6.07, 6.45) is 2.17. The zero-order valence-electron chi connectivity index (χ0n) is 10.1. The van der Waals surface area contributed by atoms with Crippen molar-refractivity contribution in [2.24, 2.45) is 0 Å². The van der Waals surface area contributed by atoms with Crippen molar-refractivity contribution in [1.82, 2.24) is 0 Å². The Bertz CT molecular complexity index is 361. The van der Waals surface area contributed by atoms with Gasteiger partial charge in [0.1, 0.15) is 11.5 Å². The summed E-state index contributed by atoms with van der Waals surface area (Å²) in [6.45, 7) is 6.53. The van der Waals surface area contributed by atoms with Crippen LogP contribution in [0, 0.1) is 20.8 Å². The molecular weight excluding hydrogens is 268 g/mol. The first kappa shape index (κ1) is 13.4. The van der Waals surface area contributed by atoms with Crippen LogP contribution < -0.4 is 4.74 Å². The fourth-order valence-corrected chi connectivity index (χ4v) is 1.96. The van der Waals surface area contributed by atoms with Crippen LogP contribution in [-0.2, 0) is 0 Å². The smallest absolute Gasteiger partial charge is 0.122 e. The Labute approximate surface area is 106 Å². The van der Waals surface area contributed by atoms with Gasteiger partial charge in [0.2, 0.25) is 0 Å². The lowest BCUT2D eigenvalue weighted by Crippen LogP contribution is -2.01. The Morgan fingerprint density at radius 2 is 1.88 bits per heavy atom. The van der Waals surface area contributed by atoms with E-state index in [9.17, 15) is 5.11 Å². The number of unbranched alkanes of at least 4 members (excludes halogenated alkanes) is 1. The Balaban J connectivity index is 2.73. The third-order valence-corrected chi connectivity index (χ3v) is 3.35. The van der Waals surface area contributed by atoms with E-state index in [2.05, 4.69) is 15.9 Å².